The van der Waals surface area contributed by atoms with Crippen LogP contribution in [-0.4, -0.2) is 39.2 Å². The number of aryl methyl sites for hydroxylation is 3. The fourth-order valence-corrected chi connectivity index (χ4v) is 5.03. The van der Waals surface area contributed by atoms with E-state index in [1.165, 1.54) is 5.56 Å². The fourth-order valence-electron chi connectivity index (χ4n) is 4.61. The Morgan fingerprint density at radius 3 is 2.87 bits per heavy atom. The van der Waals surface area contributed by atoms with Crippen LogP contribution in [0.3, 0.4) is 0 Å². The molecule has 1 atom stereocenters. The molecule has 1 unspecified atom stereocenters. The smallest absolute Gasteiger partial charge is 0.242 e. The lowest BCUT2D eigenvalue weighted by atomic mass is 9.99. The second kappa shape index (κ2) is 8.38. The maximum Gasteiger partial charge on any atom is 0.242 e. The minimum absolute atomic E-state index is 0.163. The minimum Gasteiger partial charge on any atom is -0.479 e. The summed E-state index contributed by atoms with van der Waals surface area (Å²) in [6.07, 6.45) is 3.20. The van der Waals surface area contributed by atoms with Crippen molar-refractivity contribution < 1.29 is 9.53 Å². The van der Waals surface area contributed by atoms with Crippen LogP contribution in [0.2, 0.25) is 0 Å². The zero-order chi connectivity index (χ0) is 21.4. The molecule has 1 aliphatic heterocycles. The van der Waals surface area contributed by atoms with Crippen molar-refractivity contribution >= 4 is 32.9 Å². The molecular formula is C23H27BrN4O2. The summed E-state index contributed by atoms with van der Waals surface area (Å²) in [5.74, 6) is 0.786. The van der Waals surface area contributed by atoms with Crippen LogP contribution in [0.25, 0.3) is 11.0 Å². The molecular weight excluding hydrogens is 444 g/mol. The molecule has 7 heteroatoms. The Morgan fingerprint density at radius 2 is 2.13 bits per heavy atom. The van der Waals surface area contributed by atoms with Gasteiger partial charge in [0.25, 0.3) is 0 Å². The Bertz CT molecular complexity index is 1110. The number of fused-ring (bicyclic) bond motifs is 1. The predicted octanol–water partition coefficient (Wildman–Crippen LogP) is 4.65. The van der Waals surface area contributed by atoms with Crippen LogP contribution in [-0.2, 0) is 18.3 Å². The monoisotopic (exact) mass is 470 g/mol. The van der Waals surface area contributed by atoms with Crippen molar-refractivity contribution in [2.75, 3.05) is 13.7 Å². The molecule has 3 aromatic rings. The Labute approximate surface area is 185 Å². The van der Waals surface area contributed by atoms with Gasteiger partial charge >= 0.3 is 0 Å². The van der Waals surface area contributed by atoms with Crippen molar-refractivity contribution in [1.82, 2.24) is 19.7 Å². The van der Waals surface area contributed by atoms with Crippen molar-refractivity contribution in [2.45, 2.75) is 45.6 Å². The van der Waals surface area contributed by atoms with Gasteiger partial charge in [0.2, 0.25) is 11.8 Å². The first-order chi connectivity index (χ1) is 14.4. The minimum atomic E-state index is 0.163. The second-order valence-electron chi connectivity index (χ2n) is 7.93. The summed E-state index contributed by atoms with van der Waals surface area (Å²) in [6.45, 7) is 4.90. The number of hydrogen-bond donors (Lipinski definition) is 0. The molecule has 4 rings (SSSR count). The molecule has 3 heterocycles. The summed E-state index contributed by atoms with van der Waals surface area (Å²) < 4.78 is 8.25. The molecule has 1 aromatic carbocycles. The largest absolute Gasteiger partial charge is 0.479 e. The van der Waals surface area contributed by atoms with Gasteiger partial charge < -0.3 is 9.64 Å². The predicted molar refractivity (Wildman–Crippen MR) is 121 cm³/mol. The number of hydrogen-bond acceptors (Lipinski definition) is 4. The summed E-state index contributed by atoms with van der Waals surface area (Å²) >= 11 is 3.55. The summed E-state index contributed by atoms with van der Waals surface area (Å²) in [5, 5.41) is 5.34. The van der Waals surface area contributed by atoms with Crippen molar-refractivity contribution in [3.8, 4) is 5.88 Å². The lowest BCUT2D eigenvalue weighted by Crippen LogP contribution is -2.30. The van der Waals surface area contributed by atoms with Crippen molar-refractivity contribution in [3.05, 3.63) is 51.1 Å². The highest BCUT2D eigenvalue weighted by molar-refractivity contribution is 9.10. The van der Waals surface area contributed by atoms with Gasteiger partial charge in [0, 0.05) is 30.2 Å². The zero-order valence-electron chi connectivity index (χ0n) is 17.9. The number of methoxy groups -OCH3 is 1. The first-order valence-electron chi connectivity index (χ1n) is 10.3. The first-order valence-corrected chi connectivity index (χ1v) is 11.1. The SMILES string of the molecule is COc1nn(C)c2nc(C)c(CCC(=O)N3CCCC3c3cccc(Br)c3)c(C)c12. The number of ether oxygens (including phenoxy) is 1. The van der Waals surface area contributed by atoms with Gasteiger partial charge in [-0.05, 0) is 61.9 Å². The summed E-state index contributed by atoms with van der Waals surface area (Å²) in [6, 6.07) is 8.46. The molecule has 1 saturated heterocycles. The van der Waals surface area contributed by atoms with E-state index in [9.17, 15) is 4.79 Å². The van der Waals surface area contributed by atoms with Gasteiger partial charge in [-0.3, -0.25) is 4.79 Å². The number of halogens is 1. The summed E-state index contributed by atoms with van der Waals surface area (Å²) in [4.78, 5) is 19.9. The third-order valence-corrected chi connectivity index (χ3v) is 6.60. The van der Waals surface area contributed by atoms with E-state index in [1.807, 2.05) is 31.0 Å². The Hall–Kier alpha value is -2.41. The van der Waals surface area contributed by atoms with Gasteiger partial charge in [-0.25, -0.2) is 9.67 Å². The highest BCUT2D eigenvalue weighted by Gasteiger charge is 2.30. The molecule has 1 aliphatic rings. The van der Waals surface area contributed by atoms with Gasteiger partial charge in [0.15, 0.2) is 5.65 Å². The van der Waals surface area contributed by atoms with Gasteiger partial charge in [-0.15, -0.1) is 5.10 Å². The van der Waals surface area contributed by atoms with E-state index in [0.717, 1.165) is 51.7 Å². The Kier molecular flexibility index (Phi) is 5.82. The van der Waals surface area contributed by atoms with E-state index < -0.39 is 0 Å². The van der Waals surface area contributed by atoms with Gasteiger partial charge in [0.05, 0.1) is 18.5 Å². The number of carbonyl (C=O) groups excluding carboxylic acids is 1. The van der Waals surface area contributed by atoms with Crippen LogP contribution in [0.15, 0.2) is 28.7 Å². The molecule has 0 aliphatic carbocycles. The molecule has 30 heavy (non-hydrogen) atoms. The van der Waals surface area contributed by atoms with E-state index in [0.29, 0.717) is 18.7 Å². The standard InChI is InChI=1S/C23H27BrN4O2/c1-14-18(15(2)25-22-21(14)23(30-4)26-27(22)3)10-11-20(29)28-12-6-9-19(28)16-7-5-8-17(24)13-16/h5,7-8,13,19H,6,9-12H2,1-4H3. The molecule has 0 saturated carbocycles. The normalized spacial score (nSPS) is 16.4. The third kappa shape index (κ3) is 3.71. The summed E-state index contributed by atoms with van der Waals surface area (Å²) in [7, 11) is 3.50. The van der Waals surface area contributed by atoms with E-state index in [1.54, 1.807) is 11.8 Å². The molecule has 6 nitrogen and oxygen atoms in total. The molecule has 2 aromatic heterocycles. The topological polar surface area (TPSA) is 60.2 Å². The van der Waals surface area contributed by atoms with Crippen LogP contribution in [0.5, 0.6) is 5.88 Å². The van der Waals surface area contributed by atoms with E-state index in [2.05, 4.69) is 40.1 Å². The highest BCUT2D eigenvalue weighted by Crippen LogP contribution is 2.34. The zero-order valence-corrected chi connectivity index (χ0v) is 19.5. The molecule has 1 amide bonds. The maximum absolute atomic E-state index is 13.2. The molecule has 1 fully saturated rings. The number of likely N-dealkylation sites (tertiary alicyclic amines) is 1. The molecule has 0 bridgehead atoms. The number of carbonyl (C=O) groups is 1. The number of amides is 1. The Morgan fingerprint density at radius 1 is 1.33 bits per heavy atom. The van der Waals surface area contributed by atoms with Crippen LogP contribution >= 0.6 is 15.9 Å². The quantitative estimate of drug-likeness (QED) is 0.544. The van der Waals surface area contributed by atoms with Crippen molar-refractivity contribution in [1.29, 1.82) is 0 Å². The fraction of sp³-hybridized carbons (Fsp3) is 0.435. The Balaban J connectivity index is 1.56. The number of pyridine rings is 1. The van der Waals surface area contributed by atoms with Gasteiger partial charge in [-0.1, -0.05) is 28.1 Å². The molecule has 158 valence electrons. The van der Waals surface area contributed by atoms with Crippen LogP contribution in [0.4, 0.5) is 0 Å². The van der Waals surface area contributed by atoms with Crippen LogP contribution in [0, 0.1) is 13.8 Å². The average Bonchev–Trinajstić information content (AvgIpc) is 3.33. The van der Waals surface area contributed by atoms with Crippen LogP contribution < -0.4 is 4.74 Å². The highest BCUT2D eigenvalue weighted by atomic mass is 79.9. The molecule has 0 radical (unpaired) electrons. The molecule has 0 N–H and O–H groups in total. The second-order valence-corrected chi connectivity index (χ2v) is 8.85. The van der Waals surface area contributed by atoms with Crippen molar-refractivity contribution in [2.24, 2.45) is 7.05 Å². The third-order valence-electron chi connectivity index (χ3n) is 6.11. The maximum atomic E-state index is 13.2. The van der Waals surface area contributed by atoms with E-state index in [4.69, 9.17) is 9.72 Å². The van der Waals surface area contributed by atoms with Gasteiger partial charge in [0.1, 0.15) is 0 Å². The van der Waals surface area contributed by atoms with E-state index in [-0.39, 0.29) is 11.9 Å². The van der Waals surface area contributed by atoms with Crippen molar-refractivity contribution in [3.63, 3.8) is 0 Å². The first kappa shape index (κ1) is 20.8. The molecule has 0 spiro atoms. The van der Waals surface area contributed by atoms with Crippen LogP contribution in [0.1, 0.15) is 47.7 Å². The lowest BCUT2D eigenvalue weighted by molar-refractivity contribution is -0.132. The number of benzene rings is 1. The lowest BCUT2D eigenvalue weighted by Gasteiger charge is -2.25. The average molecular weight is 471 g/mol. The van der Waals surface area contributed by atoms with E-state index >= 15 is 0 Å². The number of aromatic nitrogens is 3. The number of nitrogens with zero attached hydrogens (tertiary/aromatic N) is 4. The summed E-state index contributed by atoms with van der Waals surface area (Å²) in [5.41, 5.74) is 5.17. The van der Waals surface area contributed by atoms with Gasteiger partial charge in [-0.2, -0.15) is 0 Å². The number of rotatable bonds is 5.